The second-order valence-electron chi connectivity index (χ2n) is 8.79. The Bertz CT molecular complexity index is 1180. The van der Waals surface area contributed by atoms with E-state index in [-0.39, 0.29) is 11.5 Å². The maximum Gasteiger partial charge on any atom is 0.251 e. The number of nitrogens with zero attached hydrogens (tertiary/aromatic N) is 4. The fraction of sp³-hybridized carbons (Fsp3) is 0.462. The van der Waals surface area contributed by atoms with Crippen molar-refractivity contribution >= 4 is 28.7 Å². The van der Waals surface area contributed by atoms with E-state index in [1.165, 1.54) is 0 Å². The van der Waals surface area contributed by atoms with E-state index in [1.54, 1.807) is 13.1 Å². The number of benzene rings is 1. The Morgan fingerprint density at radius 3 is 2.71 bits per heavy atom. The van der Waals surface area contributed by atoms with E-state index in [2.05, 4.69) is 22.1 Å². The van der Waals surface area contributed by atoms with Crippen molar-refractivity contribution in [3.63, 3.8) is 0 Å². The number of amides is 1. The van der Waals surface area contributed by atoms with Crippen LogP contribution in [0.15, 0.2) is 36.4 Å². The SMILES string of the molecule is CCCOCC.CNC(=O)c1cccc(-c2ccc3c(N)nc(N4CCOC5(CC5)C4)nc3n2)c1. The third kappa shape index (κ3) is 5.86. The van der Waals surface area contributed by atoms with Crippen LogP contribution in [0.5, 0.6) is 0 Å². The van der Waals surface area contributed by atoms with Crippen LogP contribution < -0.4 is 16.0 Å². The Morgan fingerprint density at radius 1 is 1.20 bits per heavy atom. The van der Waals surface area contributed by atoms with Gasteiger partial charge in [0.2, 0.25) is 5.95 Å². The van der Waals surface area contributed by atoms with Gasteiger partial charge in [-0.2, -0.15) is 9.97 Å². The Labute approximate surface area is 206 Å². The van der Waals surface area contributed by atoms with Gasteiger partial charge in [0.15, 0.2) is 5.65 Å². The molecule has 9 nitrogen and oxygen atoms in total. The molecule has 1 aliphatic heterocycles. The fourth-order valence-electron chi connectivity index (χ4n) is 4.03. The van der Waals surface area contributed by atoms with Gasteiger partial charge in [-0.3, -0.25) is 4.79 Å². The molecule has 0 unspecified atom stereocenters. The van der Waals surface area contributed by atoms with Gasteiger partial charge >= 0.3 is 0 Å². The van der Waals surface area contributed by atoms with Gasteiger partial charge in [0.25, 0.3) is 5.91 Å². The first-order chi connectivity index (χ1) is 17.0. The third-order valence-electron chi connectivity index (χ3n) is 6.12. The van der Waals surface area contributed by atoms with Crippen LogP contribution in [-0.2, 0) is 9.47 Å². The maximum atomic E-state index is 11.9. The van der Waals surface area contributed by atoms with Gasteiger partial charge in [0.05, 0.1) is 23.3 Å². The van der Waals surface area contributed by atoms with Gasteiger partial charge in [-0.15, -0.1) is 0 Å². The van der Waals surface area contributed by atoms with Crippen molar-refractivity contribution in [2.75, 3.05) is 50.6 Å². The zero-order valence-corrected chi connectivity index (χ0v) is 20.7. The van der Waals surface area contributed by atoms with Gasteiger partial charge in [-0.1, -0.05) is 19.1 Å². The largest absolute Gasteiger partial charge is 0.383 e. The number of morpholine rings is 1. The smallest absolute Gasteiger partial charge is 0.251 e. The summed E-state index contributed by atoms with van der Waals surface area (Å²) in [7, 11) is 1.61. The van der Waals surface area contributed by atoms with E-state index in [0.29, 0.717) is 35.0 Å². The van der Waals surface area contributed by atoms with E-state index in [0.717, 1.165) is 56.8 Å². The van der Waals surface area contributed by atoms with Crippen molar-refractivity contribution in [3.8, 4) is 11.3 Å². The van der Waals surface area contributed by atoms with Gasteiger partial charge in [0.1, 0.15) is 5.82 Å². The van der Waals surface area contributed by atoms with Crippen molar-refractivity contribution in [2.24, 2.45) is 0 Å². The summed E-state index contributed by atoms with van der Waals surface area (Å²) >= 11 is 0. The molecular formula is C26H34N6O3. The molecule has 1 aliphatic carbocycles. The number of anilines is 2. The van der Waals surface area contributed by atoms with Crippen LogP contribution in [0.1, 0.15) is 43.5 Å². The lowest BCUT2D eigenvalue weighted by Crippen LogP contribution is -2.44. The number of carbonyl (C=O) groups is 1. The molecule has 0 atom stereocenters. The summed E-state index contributed by atoms with van der Waals surface area (Å²) in [5.41, 5.74) is 8.89. The molecule has 186 valence electrons. The zero-order chi connectivity index (χ0) is 24.8. The predicted octanol–water partition coefficient (Wildman–Crippen LogP) is 3.44. The monoisotopic (exact) mass is 478 g/mol. The fourth-order valence-corrected chi connectivity index (χ4v) is 4.03. The highest BCUT2D eigenvalue weighted by Crippen LogP contribution is 2.42. The first-order valence-electron chi connectivity index (χ1n) is 12.2. The zero-order valence-electron chi connectivity index (χ0n) is 20.7. The van der Waals surface area contributed by atoms with Crippen LogP contribution in [0.3, 0.4) is 0 Å². The number of carbonyl (C=O) groups excluding carboxylic acids is 1. The number of nitrogens with one attached hydrogen (secondary N) is 1. The molecule has 1 amide bonds. The lowest BCUT2D eigenvalue weighted by molar-refractivity contribution is 0.0201. The van der Waals surface area contributed by atoms with Gasteiger partial charge < -0.3 is 25.4 Å². The average Bonchev–Trinajstić information content (AvgIpc) is 3.64. The molecule has 0 radical (unpaired) electrons. The Balaban J connectivity index is 0.000000431. The first kappa shape index (κ1) is 24.8. The molecule has 35 heavy (non-hydrogen) atoms. The summed E-state index contributed by atoms with van der Waals surface area (Å²) in [6.07, 6.45) is 3.29. The highest BCUT2D eigenvalue weighted by molar-refractivity contribution is 5.95. The van der Waals surface area contributed by atoms with Crippen LogP contribution in [0.2, 0.25) is 0 Å². The number of nitrogens with two attached hydrogens (primary N) is 1. The number of nitrogen functional groups attached to an aromatic ring is 1. The lowest BCUT2D eigenvalue weighted by atomic mass is 10.1. The number of rotatable bonds is 6. The summed E-state index contributed by atoms with van der Waals surface area (Å²) in [6.45, 7) is 8.07. The minimum Gasteiger partial charge on any atom is -0.383 e. The van der Waals surface area contributed by atoms with Crippen LogP contribution in [0.4, 0.5) is 11.8 Å². The topological polar surface area (TPSA) is 115 Å². The number of pyridine rings is 1. The highest BCUT2D eigenvalue weighted by atomic mass is 16.5. The summed E-state index contributed by atoms with van der Waals surface area (Å²) in [5, 5.41) is 3.36. The average molecular weight is 479 g/mol. The van der Waals surface area contributed by atoms with Gasteiger partial charge in [-0.05, 0) is 50.5 Å². The highest BCUT2D eigenvalue weighted by Gasteiger charge is 2.48. The molecule has 5 rings (SSSR count). The van der Waals surface area contributed by atoms with Crippen LogP contribution in [-0.4, -0.2) is 66.4 Å². The quantitative estimate of drug-likeness (QED) is 0.518. The minimum absolute atomic E-state index is 0.0269. The normalized spacial score (nSPS) is 16.0. The van der Waals surface area contributed by atoms with Gasteiger partial charge in [-0.25, -0.2) is 4.98 Å². The molecule has 2 aromatic heterocycles. The van der Waals surface area contributed by atoms with Crippen molar-refractivity contribution in [1.29, 1.82) is 0 Å². The van der Waals surface area contributed by atoms with E-state index in [1.807, 2.05) is 37.3 Å². The second-order valence-corrected chi connectivity index (χ2v) is 8.79. The number of fused-ring (bicyclic) bond motifs is 1. The summed E-state index contributed by atoms with van der Waals surface area (Å²) in [6, 6.07) is 11.1. The molecule has 1 saturated heterocycles. The number of aromatic nitrogens is 3. The van der Waals surface area contributed by atoms with Crippen molar-refractivity contribution in [2.45, 2.75) is 38.7 Å². The molecule has 1 spiro atoms. The van der Waals surface area contributed by atoms with Crippen molar-refractivity contribution in [1.82, 2.24) is 20.3 Å². The Hall–Kier alpha value is -3.30. The molecule has 3 N–H and O–H groups in total. The maximum absolute atomic E-state index is 11.9. The summed E-state index contributed by atoms with van der Waals surface area (Å²) in [5.74, 6) is 0.871. The molecule has 9 heteroatoms. The molecule has 0 bridgehead atoms. The standard InChI is InChI=1S/C21H22N6O2.C5H12O/c1-23-19(28)14-4-2-3-13(11-14)16-6-5-15-17(22)25-20(26-18(15)24-16)27-9-10-29-21(12-27)7-8-21;1-3-5-6-4-2/h2-6,11H,7-10,12H2,1H3,(H,23,28)(H2,22,24,25,26);3-5H2,1-2H3. The molecule has 3 heterocycles. The van der Waals surface area contributed by atoms with E-state index in [9.17, 15) is 4.79 Å². The molecule has 1 aromatic carbocycles. The molecule has 2 fully saturated rings. The number of ether oxygens (including phenoxy) is 2. The Morgan fingerprint density at radius 2 is 2.03 bits per heavy atom. The van der Waals surface area contributed by atoms with Crippen LogP contribution >= 0.6 is 0 Å². The molecule has 3 aromatic rings. The van der Waals surface area contributed by atoms with Crippen LogP contribution in [0.25, 0.3) is 22.3 Å². The number of hydrogen-bond donors (Lipinski definition) is 2. The van der Waals surface area contributed by atoms with E-state index < -0.39 is 0 Å². The predicted molar refractivity (Wildman–Crippen MR) is 137 cm³/mol. The Kier molecular flexibility index (Phi) is 7.77. The second kappa shape index (κ2) is 11.0. The lowest BCUT2D eigenvalue weighted by Gasteiger charge is -2.33. The molecular weight excluding hydrogens is 444 g/mol. The van der Waals surface area contributed by atoms with Gasteiger partial charge in [0, 0.05) is 44.5 Å². The van der Waals surface area contributed by atoms with Crippen molar-refractivity contribution < 1.29 is 14.3 Å². The summed E-state index contributed by atoms with van der Waals surface area (Å²) in [4.78, 5) is 28.0. The number of hydrogen-bond acceptors (Lipinski definition) is 8. The molecule has 2 aliphatic rings. The minimum atomic E-state index is -0.136. The van der Waals surface area contributed by atoms with E-state index in [4.69, 9.17) is 25.2 Å². The third-order valence-corrected chi connectivity index (χ3v) is 6.12. The van der Waals surface area contributed by atoms with Crippen LogP contribution in [0, 0.1) is 0 Å². The molecule has 1 saturated carbocycles. The first-order valence-corrected chi connectivity index (χ1v) is 12.2. The van der Waals surface area contributed by atoms with E-state index >= 15 is 0 Å². The van der Waals surface area contributed by atoms with Crippen molar-refractivity contribution in [3.05, 3.63) is 42.0 Å². The summed E-state index contributed by atoms with van der Waals surface area (Å²) < 4.78 is 10.9.